The van der Waals surface area contributed by atoms with Crippen molar-refractivity contribution in [2.75, 3.05) is 6.61 Å². The van der Waals surface area contributed by atoms with Crippen molar-refractivity contribution in [3.05, 3.63) is 34.3 Å². The lowest BCUT2D eigenvalue weighted by molar-refractivity contribution is 0.0927. The lowest BCUT2D eigenvalue weighted by atomic mass is 10.1. The fourth-order valence-electron chi connectivity index (χ4n) is 1.09. The third-order valence-electron chi connectivity index (χ3n) is 1.81. The van der Waals surface area contributed by atoms with Gasteiger partial charge in [-0.05, 0) is 11.6 Å². The van der Waals surface area contributed by atoms with Crippen molar-refractivity contribution in [3.8, 4) is 0 Å². The molecule has 0 aromatic heterocycles. The highest BCUT2D eigenvalue weighted by atomic mass is 35.5. The standard InChI is InChI=1S/C10H9ClO4/c11-9-5-7(6-12)1-2-8(9)3-4-15-10(13)14/h1-2,5-6H,3-4H2,(H,13,14). The molecule has 4 nitrogen and oxygen atoms in total. The first-order valence-corrected chi connectivity index (χ1v) is 4.60. The highest BCUT2D eigenvalue weighted by Crippen LogP contribution is 2.17. The summed E-state index contributed by atoms with van der Waals surface area (Å²) in [6.45, 7) is 0.0511. The van der Waals surface area contributed by atoms with E-state index in [-0.39, 0.29) is 6.61 Å². The maximum atomic E-state index is 10.4. The Balaban J connectivity index is 2.62. The van der Waals surface area contributed by atoms with Gasteiger partial charge in [0.15, 0.2) is 0 Å². The van der Waals surface area contributed by atoms with Gasteiger partial charge in [0.05, 0.1) is 6.61 Å². The van der Waals surface area contributed by atoms with E-state index in [1.54, 1.807) is 12.1 Å². The molecule has 0 aliphatic rings. The number of hydrogen-bond donors (Lipinski definition) is 1. The van der Waals surface area contributed by atoms with Crippen LogP contribution >= 0.6 is 11.6 Å². The molecule has 5 heteroatoms. The Morgan fingerprint density at radius 2 is 2.27 bits per heavy atom. The predicted octanol–water partition coefficient (Wildman–Crippen LogP) is 2.39. The molecule has 0 saturated carbocycles. The van der Waals surface area contributed by atoms with Gasteiger partial charge in [-0.2, -0.15) is 0 Å². The van der Waals surface area contributed by atoms with Crippen LogP contribution in [0.5, 0.6) is 0 Å². The van der Waals surface area contributed by atoms with Gasteiger partial charge in [0.1, 0.15) is 6.29 Å². The van der Waals surface area contributed by atoms with Crippen LogP contribution in [0.25, 0.3) is 0 Å². The first-order chi connectivity index (χ1) is 7.13. The van der Waals surface area contributed by atoms with E-state index in [1.165, 1.54) is 6.07 Å². The number of benzene rings is 1. The maximum absolute atomic E-state index is 10.4. The number of halogens is 1. The largest absolute Gasteiger partial charge is 0.505 e. The van der Waals surface area contributed by atoms with Crippen molar-refractivity contribution in [2.24, 2.45) is 0 Å². The Labute approximate surface area is 91.4 Å². The summed E-state index contributed by atoms with van der Waals surface area (Å²) in [6.07, 6.45) is -0.219. The first-order valence-electron chi connectivity index (χ1n) is 4.23. The molecule has 1 rings (SSSR count). The Morgan fingerprint density at radius 1 is 1.53 bits per heavy atom. The number of aldehydes is 1. The summed E-state index contributed by atoms with van der Waals surface area (Å²) in [5, 5.41) is 8.68. The molecule has 0 bridgehead atoms. The van der Waals surface area contributed by atoms with Gasteiger partial charge in [0.2, 0.25) is 0 Å². The van der Waals surface area contributed by atoms with Crippen molar-refractivity contribution < 1.29 is 19.4 Å². The molecule has 0 spiro atoms. The number of hydrogen-bond acceptors (Lipinski definition) is 3. The van der Waals surface area contributed by atoms with Crippen LogP contribution in [0.15, 0.2) is 18.2 Å². The molecule has 0 atom stereocenters. The summed E-state index contributed by atoms with van der Waals surface area (Å²) >= 11 is 5.86. The molecule has 0 unspecified atom stereocenters. The fourth-order valence-corrected chi connectivity index (χ4v) is 1.37. The van der Waals surface area contributed by atoms with Gasteiger partial charge in [-0.1, -0.05) is 23.7 Å². The summed E-state index contributed by atoms with van der Waals surface area (Å²) in [5.74, 6) is 0. The number of carboxylic acid groups (broad SMARTS) is 1. The second kappa shape index (κ2) is 5.36. The van der Waals surface area contributed by atoms with Gasteiger partial charge in [-0.3, -0.25) is 4.79 Å². The zero-order chi connectivity index (χ0) is 11.3. The second-order valence-electron chi connectivity index (χ2n) is 2.83. The van der Waals surface area contributed by atoms with Crippen molar-refractivity contribution in [1.82, 2.24) is 0 Å². The number of carbonyl (C=O) groups excluding carboxylic acids is 1. The van der Waals surface area contributed by atoms with E-state index in [0.717, 1.165) is 5.56 Å². The van der Waals surface area contributed by atoms with Gasteiger partial charge >= 0.3 is 6.16 Å². The van der Waals surface area contributed by atoms with Crippen molar-refractivity contribution in [1.29, 1.82) is 0 Å². The van der Waals surface area contributed by atoms with Crippen molar-refractivity contribution in [2.45, 2.75) is 6.42 Å². The molecule has 1 aromatic rings. The Bertz CT molecular complexity index is 376. The molecule has 1 N–H and O–H groups in total. The summed E-state index contributed by atoms with van der Waals surface area (Å²) in [6, 6.07) is 4.83. The van der Waals surface area contributed by atoms with Crippen LogP contribution < -0.4 is 0 Å². The molecule has 0 aliphatic carbocycles. The molecule has 0 saturated heterocycles. The first kappa shape index (κ1) is 11.5. The molecule has 0 heterocycles. The summed E-state index contributed by atoms with van der Waals surface area (Å²) < 4.78 is 4.35. The topological polar surface area (TPSA) is 63.6 Å². The molecule has 0 amide bonds. The van der Waals surface area contributed by atoms with E-state index in [1.807, 2.05) is 0 Å². The third-order valence-corrected chi connectivity index (χ3v) is 2.16. The van der Waals surface area contributed by atoms with Crippen LogP contribution in [0.4, 0.5) is 4.79 Å². The zero-order valence-corrected chi connectivity index (χ0v) is 8.53. The number of ether oxygens (including phenoxy) is 1. The summed E-state index contributed by atoms with van der Waals surface area (Å²) in [5.41, 5.74) is 1.24. The smallest absolute Gasteiger partial charge is 0.450 e. The van der Waals surface area contributed by atoms with Crippen LogP contribution in [0.3, 0.4) is 0 Å². The SMILES string of the molecule is O=Cc1ccc(CCOC(=O)O)c(Cl)c1. The van der Waals surface area contributed by atoms with E-state index in [2.05, 4.69) is 4.74 Å². The lowest BCUT2D eigenvalue weighted by Gasteiger charge is -2.04. The van der Waals surface area contributed by atoms with Gasteiger partial charge in [0.25, 0.3) is 0 Å². The van der Waals surface area contributed by atoms with E-state index < -0.39 is 6.16 Å². The summed E-state index contributed by atoms with van der Waals surface area (Å²) in [7, 11) is 0. The minimum absolute atomic E-state index is 0.0511. The zero-order valence-electron chi connectivity index (χ0n) is 7.77. The quantitative estimate of drug-likeness (QED) is 0.635. The summed E-state index contributed by atoms with van der Waals surface area (Å²) in [4.78, 5) is 20.5. The van der Waals surface area contributed by atoms with Gasteiger partial charge in [0, 0.05) is 17.0 Å². The molecule has 0 radical (unpaired) electrons. The van der Waals surface area contributed by atoms with E-state index in [0.29, 0.717) is 23.3 Å². The molecule has 0 fully saturated rings. The molecular formula is C10H9ClO4. The second-order valence-corrected chi connectivity index (χ2v) is 3.24. The average molecular weight is 229 g/mol. The molecule has 0 aliphatic heterocycles. The predicted molar refractivity (Wildman–Crippen MR) is 54.5 cm³/mol. The average Bonchev–Trinajstić information content (AvgIpc) is 2.20. The van der Waals surface area contributed by atoms with Crippen molar-refractivity contribution in [3.63, 3.8) is 0 Å². The van der Waals surface area contributed by atoms with Crippen LogP contribution in [0.1, 0.15) is 15.9 Å². The lowest BCUT2D eigenvalue weighted by Crippen LogP contribution is -2.04. The monoisotopic (exact) mass is 228 g/mol. The molecular weight excluding hydrogens is 220 g/mol. The normalized spacial score (nSPS) is 9.67. The third kappa shape index (κ3) is 3.59. The highest BCUT2D eigenvalue weighted by Gasteiger charge is 2.03. The molecule has 1 aromatic carbocycles. The highest BCUT2D eigenvalue weighted by molar-refractivity contribution is 6.31. The molecule has 80 valence electrons. The van der Waals surface area contributed by atoms with E-state index in [4.69, 9.17) is 16.7 Å². The van der Waals surface area contributed by atoms with Crippen LogP contribution in [0.2, 0.25) is 5.02 Å². The molecule has 15 heavy (non-hydrogen) atoms. The van der Waals surface area contributed by atoms with Gasteiger partial charge < -0.3 is 9.84 Å². The fraction of sp³-hybridized carbons (Fsp3) is 0.200. The Hall–Kier alpha value is -1.55. The Morgan fingerprint density at radius 3 is 2.80 bits per heavy atom. The van der Waals surface area contributed by atoms with E-state index >= 15 is 0 Å². The van der Waals surface area contributed by atoms with Crippen molar-refractivity contribution >= 4 is 24.0 Å². The van der Waals surface area contributed by atoms with E-state index in [9.17, 15) is 9.59 Å². The van der Waals surface area contributed by atoms with Gasteiger partial charge in [-0.15, -0.1) is 0 Å². The number of carbonyl (C=O) groups is 2. The minimum atomic E-state index is -1.31. The van der Waals surface area contributed by atoms with Crippen LogP contribution in [0, 0.1) is 0 Å². The van der Waals surface area contributed by atoms with Crippen LogP contribution in [-0.2, 0) is 11.2 Å². The van der Waals surface area contributed by atoms with Gasteiger partial charge in [-0.25, -0.2) is 4.79 Å². The minimum Gasteiger partial charge on any atom is -0.450 e. The Kier molecular flexibility index (Phi) is 4.12. The van der Waals surface area contributed by atoms with Crippen LogP contribution in [-0.4, -0.2) is 24.2 Å². The number of rotatable bonds is 4. The maximum Gasteiger partial charge on any atom is 0.505 e.